The van der Waals surface area contributed by atoms with Crippen molar-refractivity contribution in [3.8, 4) is 0 Å². The SMILES string of the molecule is CCCSCc1nc(N)cc(CCC)n1. The smallest absolute Gasteiger partial charge is 0.140 e. The molecule has 0 aliphatic carbocycles. The molecule has 0 aliphatic rings. The van der Waals surface area contributed by atoms with Crippen LogP contribution in [0.2, 0.25) is 0 Å². The molecule has 0 unspecified atom stereocenters. The second kappa shape index (κ2) is 6.67. The number of hydrogen-bond acceptors (Lipinski definition) is 4. The summed E-state index contributed by atoms with van der Waals surface area (Å²) in [7, 11) is 0. The molecule has 0 aliphatic heterocycles. The first-order valence-corrected chi connectivity index (χ1v) is 6.61. The highest BCUT2D eigenvalue weighted by Gasteiger charge is 2.02. The molecular formula is C11H19N3S. The summed E-state index contributed by atoms with van der Waals surface area (Å²) in [6.45, 7) is 4.32. The van der Waals surface area contributed by atoms with Crippen molar-refractivity contribution in [2.45, 2.75) is 38.9 Å². The Morgan fingerprint density at radius 1 is 1.27 bits per heavy atom. The van der Waals surface area contributed by atoms with E-state index in [1.165, 1.54) is 6.42 Å². The van der Waals surface area contributed by atoms with Gasteiger partial charge in [0, 0.05) is 11.8 Å². The Morgan fingerprint density at radius 2 is 2.07 bits per heavy atom. The average molecular weight is 225 g/mol. The molecule has 0 atom stereocenters. The molecule has 1 aromatic heterocycles. The van der Waals surface area contributed by atoms with Gasteiger partial charge in [-0.15, -0.1) is 0 Å². The summed E-state index contributed by atoms with van der Waals surface area (Å²) in [5.41, 5.74) is 6.80. The van der Waals surface area contributed by atoms with Crippen LogP contribution in [0.5, 0.6) is 0 Å². The maximum absolute atomic E-state index is 5.73. The number of nitrogens with two attached hydrogens (primary N) is 1. The van der Waals surface area contributed by atoms with E-state index in [0.29, 0.717) is 5.82 Å². The Labute approximate surface area is 95.9 Å². The molecule has 0 spiro atoms. The van der Waals surface area contributed by atoms with Crippen molar-refractivity contribution in [3.63, 3.8) is 0 Å². The molecule has 1 aromatic rings. The van der Waals surface area contributed by atoms with Crippen molar-refractivity contribution in [2.24, 2.45) is 0 Å². The Kier molecular flexibility index (Phi) is 5.47. The second-order valence-electron chi connectivity index (χ2n) is 3.50. The third kappa shape index (κ3) is 4.51. The molecule has 4 heteroatoms. The fraction of sp³-hybridized carbons (Fsp3) is 0.636. The van der Waals surface area contributed by atoms with Gasteiger partial charge in [0.25, 0.3) is 0 Å². The van der Waals surface area contributed by atoms with Gasteiger partial charge in [0.05, 0.1) is 5.75 Å². The van der Waals surface area contributed by atoms with Gasteiger partial charge in [-0.2, -0.15) is 11.8 Å². The molecule has 0 aromatic carbocycles. The van der Waals surface area contributed by atoms with Crippen LogP contribution in [0.15, 0.2) is 6.07 Å². The number of anilines is 1. The van der Waals surface area contributed by atoms with Crippen LogP contribution < -0.4 is 5.73 Å². The number of nitrogen functional groups attached to an aromatic ring is 1. The van der Waals surface area contributed by atoms with E-state index in [-0.39, 0.29) is 0 Å². The van der Waals surface area contributed by atoms with Gasteiger partial charge in [0.2, 0.25) is 0 Å². The van der Waals surface area contributed by atoms with Crippen LogP contribution in [0, 0.1) is 0 Å². The van der Waals surface area contributed by atoms with Crippen LogP contribution in [-0.2, 0) is 12.2 Å². The molecule has 0 saturated heterocycles. The van der Waals surface area contributed by atoms with Crippen LogP contribution >= 0.6 is 11.8 Å². The van der Waals surface area contributed by atoms with Gasteiger partial charge >= 0.3 is 0 Å². The van der Waals surface area contributed by atoms with Crippen LogP contribution in [-0.4, -0.2) is 15.7 Å². The fourth-order valence-corrected chi connectivity index (χ4v) is 2.08. The third-order valence-corrected chi connectivity index (χ3v) is 3.09. The summed E-state index contributed by atoms with van der Waals surface area (Å²) in [5, 5.41) is 0. The lowest BCUT2D eigenvalue weighted by atomic mass is 10.2. The zero-order chi connectivity index (χ0) is 11.1. The molecule has 0 bridgehead atoms. The summed E-state index contributed by atoms with van der Waals surface area (Å²) in [5.74, 6) is 3.49. The number of hydrogen-bond donors (Lipinski definition) is 1. The first-order valence-electron chi connectivity index (χ1n) is 5.46. The van der Waals surface area contributed by atoms with Crippen LogP contribution in [0.25, 0.3) is 0 Å². The predicted octanol–water partition coefficient (Wildman–Crippen LogP) is 2.65. The number of thioether (sulfide) groups is 1. The Bertz CT molecular complexity index is 302. The lowest BCUT2D eigenvalue weighted by Gasteiger charge is -2.04. The minimum absolute atomic E-state index is 0.598. The van der Waals surface area contributed by atoms with Crippen molar-refractivity contribution in [1.29, 1.82) is 0 Å². The fourth-order valence-electron chi connectivity index (χ4n) is 1.33. The van der Waals surface area contributed by atoms with Gasteiger partial charge in [0.15, 0.2) is 0 Å². The Morgan fingerprint density at radius 3 is 2.73 bits per heavy atom. The molecule has 2 N–H and O–H groups in total. The van der Waals surface area contributed by atoms with Gasteiger partial charge in [0.1, 0.15) is 11.6 Å². The van der Waals surface area contributed by atoms with E-state index >= 15 is 0 Å². The zero-order valence-corrected chi connectivity index (χ0v) is 10.3. The van der Waals surface area contributed by atoms with E-state index in [1.807, 2.05) is 17.8 Å². The van der Waals surface area contributed by atoms with Crippen molar-refractivity contribution >= 4 is 17.6 Å². The molecule has 3 nitrogen and oxygen atoms in total. The Balaban J connectivity index is 2.62. The standard InChI is InChI=1S/C11H19N3S/c1-3-5-9-7-10(12)14-11(13-9)8-15-6-4-2/h7H,3-6,8H2,1-2H3,(H2,12,13,14). The molecule has 84 valence electrons. The Hall–Kier alpha value is -0.770. The van der Waals surface area contributed by atoms with E-state index in [1.54, 1.807) is 0 Å². The van der Waals surface area contributed by atoms with Crippen LogP contribution in [0.4, 0.5) is 5.82 Å². The first-order chi connectivity index (χ1) is 7.26. The van der Waals surface area contributed by atoms with Gasteiger partial charge < -0.3 is 5.73 Å². The zero-order valence-electron chi connectivity index (χ0n) is 9.49. The molecule has 15 heavy (non-hydrogen) atoms. The lowest BCUT2D eigenvalue weighted by Crippen LogP contribution is -2.02. The highest BCUT2D eigenvalue weighted by molar-refractivity contribution is 7.98. The van der Waals surface area contributed by atoms with Crippen molar-refractivity contribution in [3.05, 3.63) is 17.6 Å². The van der Waals surface area contributed by atoms with Gasteiger partial charge in [-0.05, 0) is 18.6 Å². The lowest BCUT2D eigenvalue weighted by molar-refractivity contribution is 0.856. The highest BCUT2D eigenvalue weighted by Crippen LogP contribution is 2.12. The van der Waals surface area contributed by atoms with Crippen molar-refractivity contribution in [2.75, 3.05) is 11.5 Å². The van der Waals surface area contributed by atoms with Crippen molar-refractivity contribution < 1.29 is 0 Å². The van der Waals surface area contributed by atoms with Gasteiger partial charge in [-0.3, -0.25) is 0 Å². The minimum atomic E-state index is 0.598. The molecule has 0 radical (unpaired) electrons. The number of aryl methyl sites for hydroxylation is 1. The maximum atomic E-state index is 5.73. The normalized spacial score (nSPS) is 10.5. The highest BCUT2D eigenvalue weighted by atomic mass is 32.2. The number of aromatic nitrogens is 2. The molecule has 1 heterocycles. The van der Waals surface area contributed by atoms with E-state index < -0.39 is 0 Å². The average Bonchev–Trinajstić information content (AvgIpc) is 2.18. The quantitative estimate of drug-likeness (QED) is 0.756. The number of rotatable bonds is 6. The van der Waals surface area contributed by atoms with E-state index in [9.17, 15) is 0 Å². The molecule has 0 saturated carbocycles. The van der Waals surface area contributed by atoms with Crippen LogP contribution in [0.3, 0.4) is 0 Å². The molecule has 0 fully saturated rings. The maximum Gasteiger partial charge on any atom is 0.140 e. The molecule has 0 amide bonds. The minimum Gasteiger partial charge on any atom is -0.384 e. The summed E-state index contributed by atoms with van der Waals surface area (Å²) >= 11 is 1.86. The summed E-state index contributed by atoms with van der Waals surface area (Å²) < 4.78 is 0. The largest absolute Gasteiger partial charge is 0.384 e. The summed E-state index contributed by atoms with van der Waals surface area (Å²) in [4.78, 5) is 8.72. The van der Waals surface area contributed by atoms with E-state index in [4.69, 9.17) is 5.73 Å². The van der Waals surface area contributed by atoms with Gasteiger partial charge in [-0.25, -0.2) is 9.97 Å². The van der Waals surface area contributed by atoms with Crippen molar-refractivity contribution in [1.82, 2.24) is 9.97 Å². The predicted molar refractivity (Wildman–Crippen MR) is 66.9 cm³/mol. The summed E-state index contributed by atoms with van der Waals surface area (Å²) in [6, 6.07) is 1.87. The van der Waals surface area contributed by atoms with E-state index in [2.05, 4.69) is 23.8 Å². The van der Waals surface area contributed by atoms with E-state index in [0.717, 1.165) is 35.9 Å². The first kappa shape index (κ1) is 12.3. The second-order valence-corrected chi connectivity index (χ2v) is 4.61. The monoisotopic (exact) mass is 225 g/mol. The summed E-state index contributed by atoms with van der Waals surface area (Å²) in [6.07, 6.45) is 3.27. The third-order valence-electron chi connectivity index (χ3n) is 1.93. The molecular weight excluding hydrogens is 206 g/mol. The van der Waals surface area contributed by atoms with Gasteiger partial charge in [-0.1, -0.05) is 20.3 Å². The molecule has 1 rings (SSSR count). The topological polar surface area (TPSA) is 51.8 Å². The number of nitrogens with zero attached hydrogens (tertiary/aromatic N) is 2. The van der Waals surface area contributed by atoms with Crippen LogP contribution in [0.1, 0.15) is 38.2 Å².